The quantitative estimate of drug-likeness (QED) is 0.866. The Kier molecular flexibility index (Phi) is 4.34. The standard InChI is InChI=1S/C19H18O2S/c1-13-6-5-9-16(10-13)22-19-17(20)11-15(12-18(19)21)14-7-3-2-4-8-14/h2-10,15,20H,11-12H2,1H3. The van der Waals surface area contributed by atoms with E-state index >= 15 is 0 Å². The molecule has 0 saturated carbocycles. The lowest BCUT2D eigenvalue weighted by Gasteiger charge is -2.23. The molecule has 22 heavy (non-hydrogen) atoms. The number of Topliss-reactive ketones (excluding diaryl/α,β-unsaturated/α-hetero) is 1. The number of rotatable bonds is 3. The van der Waals surface area contributed by atoms with Gasteiger partial charge in [0.15, 0.2) is 5.78 Å². The van der Waals surface area contributed by atoms with Crippen LogP contribution in [0.25, 0.3) is 0 Å². The Morgan fingerprint density at radius 1 is 1.05 bits per heavy atom. The largest absolute Gasteiger partial charge is 0.511 e. The van der Waals surface area contributed by atoms with E-state index < -0.39 is 0 Å². The molecule has 1 aliphatic rings. The fraction of sp³-hybridized carbons (Fsp3) is 0.211. The van der Waals surface area contributed by atoms with Gasteiger partial charge in [-0.1, -0.05) is 59.8 Å². The Morgan fingerprint density at radius 3 is 2.50 bits per heavy atom. The summed E-state index contributed by atoms with van der Waals surface area (Å²) in [5.74, 6) is 0.330. The molecule has 0 saturated heterocycles. The number of aliphatic hydroxyl groups excluding tert-OH is 1. The van der Waals surface area contributed by atoms with Crippen molar-refractivity contribution in [3.05, 3.63) is 76.4 Å². The van der Waals surface area contributed by atoms with Gasteiger partial charge in [-0.15, -0.1) is 0 Å². The number of thioether (sulfide) groups is 1. The van der Waals surface area contributed by atoms with Crippen LogP contribution < -0.4 is 0 Å². The minimum absolute atomic E-state index is 0.0316. The summed E-state index contributed by atoms with van der Waals surface area (Å²) in [6.45, 7) is 2.02. The summed E-state index contributed by atoms with van der Waals surface area (Å²) in [6, 6.07) is 17.9. The molecular weight excluding hydrogens is 292 g/mol. The highest BCUT2D eigenvalue weighted by molar-refractivity contribution is 8.04. The molecule has 0 amide bonds. The SMILES string of the molecule is Cc1cccc(SC2=C(O)CC(c3ccccc3)CC2=O)c1. The molecule has 2 aromatic rings. The van der Waals surface area contributed by atoms with Gasteiger partial charge in [-0.3, -0.25) is 4.79 Å². The van der Waals surface area contributed by atoms with Crippen molar-refractivity contribution in [1.29, 1.82) is 0 Å². The molecule has 0 aliphatic heterocycles. The smallest absolute Gasteiger partial charge is 0.173 e. The van der Waals surface area contributed by atoms with Crippen molar-refractivity contribution >= 4 is 17.5 Å². The molecule has 0 fully saturated rings. The minimum atomic E-state index is 0.0316. The molecule has 0 aromatic heterocycles. The molecule has 0 heterocycles. The van der Waals surface area contributed by atoms with Gasteiger partial charge in [0.05, 0.1) is 4.91 Å². The maximum absolute atomic E-state index is 12.4. The van der Waals surface area contributed by atoms with Crippen molar-refractivity contribution in [2.45, 2.75) is 30.6 Å². The number of aliphatic hydroxyl groups is 1. The Labute approximate surface area is 134 Å². The van der Waals surface area contributed by atoms with Gasteiger partial charge in [0.25, 0.3) is 0 Å². The number of benzene rings is 2. The number of ketones is 1. The highest BCUT2D eigenvalue weighted by Crippen LogP contribution is 2.40. The fourth-order valence-corrected chi connectivity index (χ4v) is 3.77. The lowest BCUT2D eigenvalue weighted by molar-refractivity contribution is -0.115. The zero-order chi connectivity index (χ0) is 15.5. The van der Waals surface area contributed by atoms with Crippen LogP contribution in [0, 0.1) is 6.92 Å². The topological polar surface area (TPSA) is 37.3 Å². The van der Waals surface area contributed by atoms with Gasteiger partial charge in [-0.2, -0.15) is 0 Å². The van der Waals surface area contributed by atoms with E-state index in [-0.39, 0.29) is 17.5 Å². The first kappa shape index (κ1) is 14.9. The summed E-state index contributed by atoms with van der Waals surface area (Å²) in [5.41, 5.74) is 2.26. The predicted molar refractivity (Wildman–Crippen MR) is 90.1 cm³/mol. The van der Waals surface area contributed by atoms with E-state index in [2.05, 4.69) is 0 Å². The first-order valence-electron chi connectivity index (χ1n) is 7.38. The number of hydrogen-bond donors (Lipinski definition) is 1. The average Bonchev–Trinajstić information content (AvgIpc) is 2.52. The highest BCUT2D eigenvalue weighted by Gasteiger charge is 2.29. The molecule has 0 bridgehead atoms. The maximum atomic E-state index is 12.4. The van der Waals surface area contributed by atoms with Gasteiger partial charge in [-0.05, 0) is 30.5 Å². The number of carbonyl (C=O) groups is 1. The monoisotopic (exact) mass is 310 g/mol. The van der Waals surface area contributed by atoms with E-state index in [9.17, 15) is 9.90 Å². The molecule has 2 nitrogen and oxygen atoms in total. The van der Waals surface area contributed by atoms with Gasteiger partial charge in [0, 0.05) is 17.7 Å². The number of aryl methyl sites for hydroxylation is 1. The second kappa shape index (κ2) is 6.41. The zero-order valence-electron chi connectivity index (χ0n) is 12.5. The van der Waals surface area contributed by atoms with Crippen LogP contribution in [0.3, 0.4) is 0 Å². The molecule has 3 rings (SSSR count). The van der Waals surface area contributed by atoms with Crippen molar-refractivity contribution in [3.8, 4) is 0 Å². The van der Waals surface area contributed by atoms with E-state index in [1.807, 2.05) is 61.5 Å². The third-order valence-corrected chi connectivity index (χ3v) is 5.02. The summed E-state index contributed by atoms with van der Waals surface area (Å²) in [4.78, 5) is 13.9. The Balaban J connectivity index is 1.82. The van der Waals surface area contributed by atoms with Gasteiger partial charge < -0.3 is 5.11 Å². The molecule has 1 atom stereocenters. The number of hydrogen-bond acceptors (Lipinski definition) is 3. The molecule has 2 aromatic carbocycles. The molecule has 3 heteroatoms. The van der Waals surface area contributed by atoms with Crippen molar-refractivity contribution in [1.82, 2.24) is 0 Å². The van der Waals surface area contributed by atoms with E-state index in [1.54, 1.807) is 0 Å². The van der Waals surface area contributed by atoms with Crippen molar-refractivity contribution in [2.24, 2.45) is 0 Å². The lowest BCUT2D eigenvalue weighted by atomic mass is 9.86. The zero-order valence-corrected chi connectivity index (χ0v) is 13.3. The summed E-state index contributed by atoms with van der Waals surface area (Å²) < 4.78 is 0. The fourth-order valence-electron chi connectivity index (χ4n) is 2.75. The first-order valence-corrected chi connectivity index (χ1v) is 8.20. The Hall–Kier alpha value is -2.00. The Morgan fingerprint density at radius 2 is 1.82 bits per heavy atom. The van der Waals surface area contributed by atoms with E-state index in [1.165, 1.54) is 11.8 Å². The van der Waals surface area contributed by atoms with Gasteiger partial charge in [0.1, 0.15) is 5.76 Å². The summed E-state index contributed by atoms with van der Waals surface area (Å²) in [6.07, 6.45) is 0.992. The molecule has 112 valence electrons. The van der Waals surface area contributed by atoms with E-state index in [4.69, 9.17) is 0 Å². The van der Waals surface area contributed by atoms with Crippen LogP contribution in [0.1, 0.15) is 29.9 Å². The molecule has 1 aliphatic carbocycles. The van der Waals surface area contributed by atoms with Crippen molar-refractivity contribution < 1.29 is 9.90 Å². The summed E-state index contributed by atoms with van der Waals surface area (Å²) >= 11 is 1.37. The molecule has 1 unspecified atom stereocenters. The molecule has 0 spiro atoms. The molecular formula is C19H18O2S. The average molecular weight is 310 g/mol. The van der Waals surface area contributed by atoms with Crippen molar-refractivity contribution in [2.75, 3.05) is 0 Å². The third-order valence-electron chi connectivity index (χ3n) is 3.87. The van der Waals surface area contributed by atoms with E-state index in [0.29, 0.717) is 17.7 Å². The normalized spacial score (nSPS) is 18.6. The first-order chi connectivity index (χ1) is 10.6. The van der Waals surface area contributed by atoms with E-state index in [0.717, 1.165) is 16.0 Å². The summed E-state index contributed by atoms with van der Waals surface area (Å²) in [7, 11) is 0. The van der Waals surface area contributed by atoms with Crippen LogP contribution in [-0.4, -0.2) is 10.9 Å². The molecule has 0 radical (unpaired) electrons. The highest BCUT2D eigenvalue weighted by atomic mass is 32.2. The van der Waals surface area contributed by atoms with Crippen LogP contribution in [0.15, 0.2) is 70.2 Å². The van der Waals surface area contributed by atoms with Crippen molar-refractivity contribution in [3.63, 3.8) is 0 Å². The van der Waals surface area contributed by atoms with Gasteiger partial charge >= 0.3 is 0 Å². The van der Waals surface area contributed by atoms with Crippen LogP contribution in [-0.2, 0) is 4.79 Å². The second-order valence-electron chi connectivity index (χ2n) is 5.63. The lowest BCUT2D eigenvalue weighted by Crippen LogP contribution is -2.17. The van der Waals surface area contributed by atoms with Gasteiger partial charge in [0.2, 0.25) is 0 Å². The van der Waals surface area contributed by atoms with Crippen LogP contribution in [0.4, 0.5) is 0 Å². The Bertz CT molecular complexity index is 719. The number of carbonyl (C=O) groups excluding carboxylic acids is 1. The van der Waals surface area contributed by atoms with Crippen LogP contribution in [0.5, 0.6) is 0 Å². The van der Waals surface area contributed by atoms with Crippen LogP contribution >= 0.6 is 11.8 Å². The second-order valence-corrected chi connectivity index (χ2v) is 6.72. The van der Waals surface area contributed by atoms with Gasteiger partial charge in [-0.25, -0.2) is 0 Å². The minimum Gasteiger partial charge on any atom is -0.511 e. The van der Waals surface area contributed by atoms with Crippen LogP contribution in [0.2, 0.25) is 0 Å². The number of allylic oxidation sites excluding steroid dienone is 2. The molecule has 1 N–H and O–H groups in total. The maximum Gasteiger partial charge on any atom is 0.173 e. The predicted octanol–water partition coefficient (Wildman–Crippen LogP) is 5.00. The summed E-state index contributed by atoms with van der Waals surface area (Å²) in [5, 5.41) is 10.3. The third kappa shape index (κ3) is 3.25.